The normalized spacial score (nSPS) is 12.3. The number of rotatable bonds is 1. The minimum Gasteiger partial charge on any atom is -0.397 e. The largest absolute Gasteiger partial charge is 0.449 e. The third-order valence-corrected chi connectivity index (χ3v) is 2.56. The topological polar surface area (TPSA) is 54.7 Å². The molecule has 0 saturated heterocycles. The van der Waals surface area contributed by atoms with Crippen LogP contribution < -0.4 is 5.73 Å². The van der Waals surface area contributed by atoms with Crippen LogP contribution in [0.4, 0.5) is 23.2 Å². The standard InChI is InChI=1S/C9H6ClF4N3/c10-4-1-3(2-11)5(15)7-6(4)16-8(17-7)9(12,13)14/h1H,2,15H2,(H,16,17). The van der Waals surface area contributed by atoms with Gasteiger partial charge in [-0.25, -0.2) is 9.37 Å². The summed E-state index contributed by atoms with van der Waals surface area (Å²) in [5.74, 6) is -1.21. The van der Waals surface area contributed by atoms with Crippen molar-refractivity contribution in [3.8, 4) is 0 Å². The molecule has 0 bridgehead atoms. The molecular formula is C9H6ClF4N3. The molecule has 1 aromatic carbocycles. The van der Waals surface area contributed by atoms with Crippen LogP contribution in [0.1, 0.15) is 11.4 Å². The number of nitrogens with two attached hydrogens (primary N) is 1. The van der Waals surface area contributed by atoms with Crippen LogP contribution in [-0.2, 0) is 12.9 Å². The summed E-state index contributed by atoms with van der Waals surface area (Å²) in [7, 11) is 0. The number of nitrogens with one attached hydrogen (secondary N) is 1. The molecule has 0 amide bonds. The van der Waals surface area contributed by atoms with E-state index in [2.05, 4.69) is 4.98 Å². The van der Waals surface area contributed by atoms with Crippen LogP contribution in [0.15, 0.2) is 6.07 Å². The summed E-state index contributed by atoms with van der Waals surface area (Å²) >= 11 is 5.72. The maximum Gasteiger partial charge on any atom is 0.449 e. The Kier molecular flexibility index (Phi) is 2.65. The molecule has 0 unspecified atom stereocenters. The smallest absolute Gasteiger partial charge is 0.397 e. The van der Waals surface area contributed by atoms with E-state index in [9.17, 15) is 17.6 Å². The first-order valence-electron chi connectivity index (χ1n) is 4.44. The molecule has 1 aromatic heterocycles. The van der Waals surface area contributed by atoms with Crippen molar-refractivity contribution in [2.24, 2.45) is 0 Å². The lowest BCUT2D eigenvalue weighted by molar-refractivity contribution is -0.144. The van der Waals surface area contributed by atoms with Crippen LogP contribution in [0.5, 0.6) is 0 Å². The number of nitrogen functional groups attached to an aromatic ring is 1. The summed E-state index contributed by atoms with van der Waals surface area (Å²) in [6.07, 6.45) is -4.63. The number of anilines is 1. The first-order valence-corrected chi connectivity index (χ1v) is 4.82. The molecule has 3 nitrogen and oxygen atoms in total. The highest BCUT2D eigenvalue weighted by Crippen LogP contribution is 2.34. The average molecular weight is 268 g/mol. The van der Waals surface area contributed by atoms with Gasteiger partial charge in [-0.05, 0) is 6.07 Å². The molecule has 0 aliphatic carbocycles. The number of hydrogen-bond acceptors (Lipinski definition) is 2. The van der Waals surface area contributed by atoms with E-state index in [0.29, 0.717) is 0 Å². The molecule has 0 spiro atoms. The molecule has 0 aliphatic heterocycles. The number of benzene rings is 1. The van der Waals surface area contributed by atoms with Crippen molar-refractivity contribution in [1.29, 1.82) is 0 Å². The molecular weight excluding hydrogens is 262 g/mol. The summed E-state index contributed by atoms with van der Waals surface area (Å²) in [6.45, 7) is -0.921. The van der Waals surface area contributed by atoms with Gasteiger partial charge in [0.25, 0.3) is 0 Å². The van der Waals surface area contributed by atoms with Crippen LogP contribution in [0.3, 0.4) is 0 Å². The Morgan fingerprint density at radius 3 is 2.59 bits per heavy atom. The second-order valence-electron chi connectivity index (χ2n) is 3.37. The second-order valence-corrected chi connectivity index (χ2v) is 3.78. The van der Waals surface area contributed by atoms with E-state index >= 15 is 0 Å². The Bertz CT molecular complexity index is 576. The van der Waals surface area contributed by atoms with Crippen LogP contribution in [0.2, 0.25) is 5.02 Å². The first-order chi connectivity index (χ1) is 7.84. The highest BCUT2D eigenvalue weighted by molar-refractivity contribution is 6.35. The molecule has 0 fully saturated rings. The van der Waals surface area contributed by atoms with Crippen molar-refractivity contribution >= 4 is 28.3 Å². The van der Waals surface area contributed by atoms with Crippen molar-refractivity contribution in [2.75, 3.05) is 5.73 Å². The lowest BCUT2D eigenvalue weighted by Gasteiger charge is -2.02. The van der Waals surface area contributed by atoms with Gasteiger partial charge in [0.05, 0.1) is 16.2 Å². The lowest BCUT2D eigenvalue weighted by Crippen LogP contribution is -2.07. The fraction of sp³-hybridized carbons (Fsp3) is 0.222. The third-order valence-electron chi connectivity index (χ3n) is 2.26. The van der Waals surface area contributed by atoms with Crippen LogP contribution in [0.25, 0.3) is 11.0 Å². The molecule has 17 heavy (non-hydrogen) atoms. The van der Waals surface area contributed by atoms with Crippen molar-refractivity contribution in [1.82, 2.24) is 9.97 Å². The van der Waals surface area contributed by atoms with Gasteiger partial charge < -0.3 is 10.7 Å². The van der Waals surface area contributed by atoms with Gasteiger partial charge in [-0.1, -0.05) is 11.6 Å². The number of hydrogen-bond donors (Lipinski definition) is 2. The maximum atomic E-state index is 12.5. The quantitative estimate of drug-likeness (QED) is 0.615. The zero-order chi connectivity index (χ0) is 12.8. The highest BCUT2D eigenvalue weighted by atomic mass is 35.5. The van der Waals surface area contributed by atoms with Crippen molar-refractivity contribution in [3.63, 3.8) is 0 Å². The summed E-state index contributed by atoms with van der Waals surface area (Å²) < 4.78 is 49.8. The first kappa shape index (κ1) is 12.0. The summed E-state index contributed by atoms with van der Waals surface area (Å²) in [5, 5.41) is -0.0511. The van der Waals surface area contributed by atoms with Crippen molar-refractivity contribution < 1.29 is 17.6 Å². The average Bonchev–Trinajstić information content (AvgIpc) is 2.68. The van der Waals surface area contributed by atoms with E-state index in [1.807, 2.05) is 4.98 Å². The summed E-state index contributed by atoms with van der Waals surface area (Å²) in [6, 6.07) is 1.18. The van der Waals surface area contributed by atoms with Crippen molar-refractivity contribution in [2.45, 2.75) is 12.9 Å². The molecule has 2 aromatic rings. The Labute approximate surface area is 97.6 Å². The third kappa shape index (κ3) is 1.90. The number of aromatic amines is 1. The van der Waals surface area contributed by atoms with Gasteiger partial charge in [0.2, 0.25) is 5.82 Å². The van der Waals surface area contributed by atoms with Gasteiger partial charge >= 0.3 is 6.18 Å². The van der Waals surface area contributed by atoms with E-state index in [0.717, 1.165) is 0 Å². The van der Waals surface area contributed by atoms with Gasteiger partial charge in [-0.2, -0.15) is 13.2 Å². The van der Waals surface area contributed by atoms with E-state index in [4.69, 9.17) is 17.3 Å². The molecule has 0 saturated carbocycles. The summed E-state index contributed by atoms with van der Waals surface area (Å²) in [4.78, 5) is 5.32. The Balaban J connectivity index is 2.77. The Morgan fingerprint density at radius 2 is 2.06 bits per heavy atom. The molecule has 92 valence electrons. The number of halogens is 5. The van der Waals surface area contributed by atoms with E-state index in [-0.39, 0.29) is 27.3 Å². The van der Waals surface area contributed by atoms with E-state index in [1.165, 1.54) is 6.07 Å². The molecule has 3 N–H and O–H groups in total. The van der Waals surface area contributed by atoms with E-state index < -0.39 is 18.7 Å². The van der Waals surface area contributed by atoms with Gasteiger partial charge in [0.15, 0.2) is 0 Å². The SMILES string of the molecule is Nc1c(CF)cc(Cl)c2[nH]c(C(F)(F)F)nc12. The monoisotopic (exact) mass is 267 g/mol. The minimum atomic E-state index is -4.63. The molecule has 8 heteroatoms. The van der Waals surface area contributed by atoms with Crippen LogP contribution in [-0.4, -0.2) is 9.97 Å². The number of imidazole rings is 1. The predicted molar refractivity (Wildman–Crippen MR) is 55.3 cm³/mol. The molecule has 1 heterocycles. The molecule has 0 aliphatic rings. The van der Waals surface area contributed by atoms with Gasteiger partial charge in [-0.15, -0.1) is 0 Å². The van der Waals surface area contributed by atoms with Crippen LogP contribution >= 0.6 is 11.6 Å². The zero-order valence-electron chi connectivity index (χ0n) is 8.20. The van der Waals surface area contributed by atoms with Gasteiger partial charge in [0, 0.05) is 5.56 Å². The van der Waals surface area contributed by atoms with Gasteiger partial charge in [0.1, 0.15) is 12.2 Å². The fourth-order valence-electron chi connectivity index (χ4n) is 1.44. The number of aromatic nitrogens is 2. The zero-order valence-corrected chi connectivity index (χ0v) is 8.95. The van der Waals surface area contributed by atoms with Crippen molar-refractivity contribution in [3.05, 3.63) is 22.5 Å². The second kappa shape index (κ2) is 3.76. The minimum absolute atomic E-state index is 0.0164. The number of fused-ring (bicyclic) bond motifs is 1. The maximum absolute atomic E-state index is 12.5. The Hall–Kier alpha value is -1.50. The van der Waals surface area contributed by atoms with Crippen LogP contribution in [0, 0.1) is 0 Å². The molecule has 0 radical (unpaired) electrons. The fourth-order valence-corrected chi connectivity index (χ4v) is 1.71. The van der Waals surface area contributed by atoms with Gasteiger partial charge in [-0.3, -0.25) is 0 Å². The number of nitrogens with zero attached hydrogens (tertiary/aromatic N) is 1. The number of alkyl halides is 4. The van der Waals surface area contributed by atoms with E-state index in [1.54, 1.807) is 0 Å². The molecule has 2 rings (SSSR count). The Morgan fingerprint density at radius 1 is 1.41 bits per heavy atom. The molecule has 0 atom stereocenters. The lowest BCUT2D eigenvalue weighted by atomic mass is 10.1. The summed E-state index contributed by atoms with van der Waals surface area (Å²) in [5.41, 5.74) is 5.17. The number of H-pyrrole nitrogens is 1. The predicted octanol–water partition coefficient (Wildman–Crippen LogP) is 3.29. The highest BCUT2D eigenvalue weighted by Gasteiger charge is 2.35.